The topological polar surface area (TPSA) is 42.0 Å². The van der Waals surface area contributed by atoms with E-state index in [2.05, 4.69) is 40.1 Å². The molecule has 0 unspecified atom stereocenters. The Kier molecular flexibility index (Phi) is 5.93. The predicted molar refractivity (Wildman–Crippen MR) is 111 cm³/mol. The number of nitrogens with zero attached hydrogens (tertiary/aromatic N) is 1. The molecule has 0 saturated heterocycles. The van der Waals surface area contributed by atoms with Crippen LogP contribution < -0.4 is 5.32 Å². The van der Waals surface area contributed by atoms with Crippen molar-refractivity contribution in [2.45, 2.75) is 24.0 Å². The van der Waals surface area contributed by atoms with E-state index in [9.17, 15) is 4.79 Å². The summed E-state index contributed by atoms with van der Waals surface area (Å²) in [5.74, 6) is -0.136. The maximum atomic E-state index is 12.5. The molecule has 25 heavy (non-hydrogen) atoms. The Morgan fingerprint density at radius 2 is 1.96 bits per heavy atom. The fourth-order valence-electron chi connectivity index (χ4n) is 2.24. The lowest BCUT2D eigenvalue weighted by molar-refractivity contribution is 0.102. The summed E-state index contributed by atoms with van der Waals surface area (Å²) in [6.07, 6.45) is 0. The zero-order valence-electron chi connectivity index (χ0n) is 13.8. The third kappa shape index (κ3) is 4.93. The summed E-state index contributed by atoms with van der Waals surface area (Å²) in [7, 11) is 0. The van der Waals surface area contributed by atoms with E-state index >= 15 is 0 Å². The number of thioether (sulfide) groups is 1. The van der Waals surface area contributed by atoms with Crippen LogP contribution in [0.2, 0.25) is 0 Å². The Labute approximate surface area is 164 Å². The first-order valence-corrected chi connectivity index (χ1v) is 10.4. The van der Waals surface area contributed by atoms with Crippen LogP contribution >= 0.6 is 39.0 Å². The van der Waals surface area contributed by atoms with Crippen molar-refractivity contribution in [3.05, 3.63) is 63.9 Å². The van der Waals surface area contributed by atoms with Crippen LogP contribution in [0.1, 0.15) is 24.2 Å². The minimum absolute atomic E-state index is 0.136. The molecule has 2 aromatic carbocycles. The number of nitrogens with one attached hydrogen (secondary N) is 1. The summed E-state index contributed by atoms with van der Waals surface area (Å²) in [4.78, 5) is 18.1. The van der Waals surface area contributed by atoms with Gasteiger partial charge in [0, 0.05) is 31.1 Å². The fraction of sp³-hybridized carbons (Fsp3) is 0.158. The van der Waals surface area contributed by atoms with Crippen LogP contribution in [0.15, 0.2) is 63.3 Å². The van der Waals surface area contributed by atoms with Crippen LogP contribution in [0.3, 0.4) is 0 Å². The average Bonchev–Trinajstić information content (AvgIpc) is 3.03. The molecule has 0 aliphatic rings. The average molecular weight is 433 g/mol. The van der Waals surface area contributed by atoms with E-state index in [0.29, 0.717) is 15.9 Å². The van der Waals surface area contributed by atoms with E-state index in [1.54, 1.807) is 11.8 Å². The predicted octanol–water partition coefficient (Wildman–Crippen LogP) is 6.33. The minimum atomic E-state index is -0.136. The molecular weight excluding hydrogens is 416 g/mol. The molecule has 6 heteroatoms. The van der Waals surface area contributed by atoms with Gasteiger partial charge in [0.25, 0.3) is 5.91 Å². The van der Waals surface area contributed by atoms with Crippen molar-refractivity contribution in [3.8, 4) is 11.3 Å². The van der Waals surface area contributed by atoms with Crippen LogP contribution in [0.4, 0.5) is 5.13 Å². The fourth-order valence-corrected chi connectivity index (χ4v) is 4.11. The molecule has 3 aromatic rings. The van der Waals surface area contributed by atoms with Gasteiger partial charge < -0.3 is 0 Å². The van der Waals surface area contributed by atoms with E-state index < -0.39 is 0 Å². The smallest absolute Gasteiger partial charge is 0.257 e. The van der Waals surface area contributed by atoms with Crippen molar-refractivity contribution in [1.29, 1.82) is 0 Å². The highest BCUT2D eigenvalue weighted by Crippen LogP contribution is 2.27. The molecule has 0 bridgehead atoms. The van der Waals surface area contributed by atoms with Gasteiger partial charge in [-0.15, -0.1) is 23.1 Å². The van der Waals surface area contributed by atoms with E-state index in [1.165, 1.54) is 11.3 Å². The highest BCUT2D eigenvalue weighted by atomic mass is 79.9. The van der Waals surface area contributed by atoms with E-state index in [4.69, 9.17) is 0 Å². The first-order valence-electron chi connectivity index (χ1n) is 7.81. The molecule has 3 nitrogen and oxygen atoms in total. The Morgan fingerprint density at radius 1 is 1.20 bits per heavy atom. The molecule has 128 valence electrons. The largest absolute Gasteiger partial charge is 0.298 e. The molecule has 0 aliphatic heterocycles. The normalized spacial score (nSPS) is 10.9. The number of amides is 1. The molecule has 0 aliphatic carbocycles. The van der Waals surface area contributed by atoms with Gasteiger partial charge in [0.15, 0.2) is 5.13 Å². The molecule has 1 aromatic heterocycles. The van der Waals surface area contributed by atoms with Crippen LogP contribution in [0.25, 0.3) is 11.3 Å². The molecule has 1 N–H and O–H groups in total. The lowest BCUT2D eigenvalue weighted by Crippen LogP contribution is -2.11. The maximum Gasteiger partial charge on any atom is 0.257 e. The molecule has 1 amide bonds. The summed E-state index contributed by atoms with van der Waals surface area (Å²) < 4.78 is 1.03. The quantitative estimate of drug-likeness (QED) is 0.479. The molecule has 0 atom stereocenters. The van der Waals surface area contributed by atoms with Crippen molar-refractivity contribution in [3.63, 3.8) is 0 Å². The van der Waals surface area contributed by atoms with Crippen molar-refractivity contribution in [1.82, 2.24) is 4.98 Å². The Bertz CT molecular complexity index is 875. The molecular formula is C19H17BrN2OS2. The second kappa shape index (κ2) is 8.17. The zero-order chi connectivity index (χ0) is 17.8. The second-order valence-electron chi connectivity index (χ2n) is 5.69. The van der Waals surface area contributed by atoms with Gasteiger partial charge in [-0.05, 0) is 30.3 Å². The third-order valence-electron chi connectivity index (χ3n) is 3.33. The van der Waals surface area contributed by atoms with Gasteiger partial charge in [-0.3, -0.25) is 10.1 Å². The summed E-state index contributed by atoms with van der Waals surface area (Å²) in [5, 5.41) is 5.92. The standard InChI is InChI=1S/C19H17BrN2OS2/c1-12(2)25-16-5-3-4-14(10-16)18(23)22-19-21-17(11-24-19)13-6-8-15(20)9-7-13/h3-12H,1-2H3,(H,21,22,23). The van der Waals surface area contributed by atoms with Gasteiger partial charge in [0.1, 0.15) is 0 Å². The molecule has 0 saturated carbocycles. The number of thiazole rings is 1. The maximum absolute atomic E-state index is 12.5. The number of rotatable bonds is 5. The van der Waals surface area contributed by atoms with Crippen LogP contribution in [-0.2, 0) is 0 Å². The summed E-state index contributed by atoms with van der Waals surface area (Å²) in [6, 6.07) is 15.6. The lowest BCUT2D eigenvalue weighted by Gasteiger charge is -2.07. The number of anilines is 1. The number of halogens is 1. The van der Waals surface area contributed by atoms with Crippen molar-refractivity contribution in [2.24, 2.45) is 0 Å². The Balaban J connectivity index is 1.72. The number of carbonyl (C=O) groups is 1. The highest BCUT2D eigenvalue weighted by Gasteiger charge is 2.11. The number of hydrogen-bond donors (Lipinski definition) is 1. The molecule has 0 fully saturated rings. The van der Waals surface area contributed by atoms with Gasteiger partial charge in [0.05, 0.1) is 5.69 Å². The molecule has 3 rings (SSSR count). The van der Waals surface area contributed by atoms with Crippen molar-refractivity contribution in [2.75, 3.05) is 5.32 Å². The SMILES string of the molecule is CC(C)Sc1cccc(C(=O)Nc2nc(-c3ccc(Br)cc3)cs2)c1. The summed E-state index contributed by atoms with van der Waals surface area (Å²) in [6.45, 7) is 4.27. The minimum Gasteiger partial charge on any atom is -0.298 e. The lowest BCUT2D eigenvalue weighted by atomic mass is 10.2. The highest BCUT2D eigenvalue weighted by molar-refractivity contribution is 9.10. The van der Waals surface area contributed by atoms with Crippen LogP contribution in [0, 0.1) is 0 Å². The molecule has 0 radical (unpaired) electrons. The third-order valence-corrected chi connectivity index (χ3v) is 5.62. The first-order chi connectivity index (χ1) is 12.0. The van der Waals surface area contributed by atoms with E-state index in [1.807, 2.05) is 53.9 Å². The number of hydrogen-bond acceptors (Lipinski definition) is 4. The number of carbonyl (C=O) groups excluding carboxylic acids is 1. The van der Waals surface area contributed by atoms with Gasteiger partial charge in [-0.1, -0.05) is 48.0 Å². The zero-order valence-corrected chi connectivity index (χ0v) is 17.0. The summed E-state index contributed by atoms with van der Waals surface area (Å²) >= 11 is 6.59. The molecule has 1 heterocycles. The molecule has 0 spiro atoms. The van der Waals surface area contributed by atoms with Crippen LogP contribution in [0.5, 0.6) is 0 Å². The van der Waals surface area contributed by atoms with E-state index in [-0.39, 0.29) is 5.91 Å². The van der Waals surface area contributed by atoms with Crippen molar-refractivity contribution >= 4 is 50.1 Å². The van der Waals surface area contributed by atoms with Crippen LogP contribution in [-0.4, -0.2) is 16.1 Å². The Hall–Kier alpha value is -1.63. The van der Waals surface area contributed by atoms with Gasteiger partial charge in [-0.2, -0.15) is 0 Å². The Morgan fingerprint density at radius 3 is 2.68 bits per heavy atom. The first kappa shape index (κ1) is 18.2. The van der Waals surface area contributed by atoms with Gasteiger partial charge >= 0.3 is 0 Å². The number of aromatic nitrogens is 1. The van der Waals surface area contributed by atoms with E-state index in [0.717, 1.165) is 20.6 Å². The van der Waals surface area contributed by atoms with Gasteiger partial charge in [0.2, 0.25) is 0 Å². The second-order valence-corrected chi connectivity index (χ2v) is 9.12. The van der Waals surface area contributed by atoms with Gasteiger partial charge in [-0.25, -0.2) is 4.98 Å². The van der Waals surface area contributed by atoms with Crippen molar-refractivity contribution < 1.29 is 4.79 Å². The monoisotopic (exact) mass is 432 g/mol. The number of benzene rings is 2. The summed E-state index contributed by atoms with van der Waals surface area (Å²) in [5.41, 5.74) is 2.53.